The Hall–Kier alpha value is -0.120. The lowest BCUT2D eigenvalue weighted by Crippen LogP contribution is -2.65. The van der Waals surface area contributed by atoms with E-state index in [1.165, 1.54) is 38.5 Å². The minimum atomic E-state index is -0.419. The van der Waals surface area contributed by atoms with Gasteiger partial charge in [-0.2, -0.15) is 0 Å². The van der Waals surface area contributed by atoms with Crippen LogP contribution in [0.5, 0.6) is 0 Å². The van der Waals surface area contributed by atoms with E-state index in [-0.39, 0.29) is 16.2 Å². The third kappa shape index (κ3) is 2.15. The van der Waals surface area contributed by atoms with E-state index in [1.54, 1.807) is 14.2 Å². The van der Waals surface area contributed by atoms with Crippen LogP contribution in [0.3, 0.4) is 0 Å². The van der Waals surface area contributed by atoms with Crippen molar-refractivity contribution in [1.29, 1.82) is 0 Å². The van der Waals surface area contributed by atoms with Crippen LogP contribution in [-0.2, 0) is 9.47 Å². The highest BCUT2D eigenvalue weighted by Gasteiger charge is 2.68. The Bertz CT molecular complexity index is 543. The Kier molecular flexibility index (Phi) is 3.98. The molecule has 3 nitrogen and oxygen atoms in total. The van der Waals surface area contributed by atoms with Gasteiger partial charge in [-0.15, -0.1) is 0 Å². The van der Waals surface area contributed by atoms with Gasteiger partial charge in [-0.1, -0.05) is 20.8 Å². The molecule has 0 heterocycles. The summed E-state index contributed by atoms with van der Waals surface area (Å²) >= 11 is 0. The maximum Gasteiger partial charge on any atom is 0.168 e. The lowest BCUT2D eigenvalue weighted by molar-refractivity contribution is -0.292. The highest BCUT2D eigenvalue weighted by molar-refractivity contribution is 5.17. The van der Waals surface area contributed by atoms with Crippen molar-refractivity contribution in [2.75, 3.05) is 14.2 Å². The van der Waals surface area contributed by atoms with Gasteiger partial charge in [0.1, 0.15) is 0 Å². The van der Waals surface area contributed by atoms with Gasteiger partial charge >= 0.3 is 0 Å². The number of fused-ring (bicyclic) bond motifs is 5. The van der Waals surface area contributed by atoms with Crippen molar-refractivity contribution in [1.82, 2.24) is 0 Å². The van der Waals surface area contributed by atoms with Gasteiger partial charge in [0.2, 0.25) is 0 Å². The van der Waals surface area contributed by atoms with E-state index in [1.807, 2.05) is 0 Å². The molecule has 0 aromatic carbocycles. The minimum Gasteiger partial charge on any atom is -0.389 e. The van der Waals surface area contributed by atoms with Gasteiger partial charge in [0.15, 0.2) is 5.79 Å². The molecule has 4 aliphatic carbocycles. The molecule has 0 radical (unpaired) electrons. The van der Waals surface area contributed by atoms with Crippen LogP contribution in [-0.4, -0.2) is 30.7 Å². The van der Waals surface area contributed by atoms with Gasteiger partial charge < -0.3 is 14.6 Å². The van der Waals surface area contributed by atoms with Gasteiger partial charge in [-0.25, -0.2) is 0 Å². The molecule has 4 fully saturated rings. The predicted octanol–water partition coefficient (Wildman–Crippen LogP) is 4.91. The van der Waals surface area contributed by atoms with E-state index in [0.29, 0.717) is 11.8 Å². The highest BCUT2D eigenvalue weighted by Crippen LogP contribution is 2.71. The molecule has 25 heavy (non-hydrogen) atoms. The summed E-state index contributed by atoms with van der Waals surface area (Å²) in [6, 6.07) is 0. The maximum absolute atomic E-state index is 11.8. The van der Waals surface area contributed by atoms with Crippen molar-refractivity contribution in [2.45, 2.75) is 96.4 Å². The van der Waals surface area contributed by atoms with Crippen LogP contribution in [0.25, 0.3) is 0 Å². The zero-order valence-corrected chi connectivity index (χ0v) is 17.0. The summed E-state index contributed by atoms with van der Waals surface area (Å²) in [5.41, 5.74) is 0.268. The van der Waals surface area contributed by atoms with Crippen LogP contribution in [0.15, 0.2) is 0 Å². The van der Waals surface area contributed by atoms with Crippen LogP contribution in [0.4, 0.5) is 0 Å². The van der Waals surface area contributed by atoms with Crippen LogP contribution in [0.1, 0.15) is 85.0 Å². The number of hydrogen-bond donors (Lipinski definition) is 1. The molecule has 0 saturated heterocycles. The van der Waals surface area contributed by atoms with Crippen LogP contribution in [0.2, 0.25) is 0 Å². The van der Waals surface area contributed by atoms with Crippen LogP contribution >= 0.6 is 0 Å². The first-order valence-corrected chi connectivity index (χ1v) is 10.5. The topological polar surface area (TPSA) is 38.7 Å². The number of rotatable bonds is 2. The van der Waals surface area contributed by atoms with Crippen molar-refractivity contribution in [3.8, 4) is 0 Å². The molecule has 0 aliphatic heterocycles. The van der Waals surface area contributed by atoms with Crippen molar-refractivity contribution in [3.63, 3.8) is 0 Å². The fourth-order valence-corrected chi connectivity index (χ4v) is 8.00. The lowest BCUT2D eigenvalue weighted by Gasteiger charge is -2.67. The van der Waals surface area contributed by atoms with Crippen molar-refractivity contribution in [2.24, 2.45) is 28.1 Å². The molecular formula is C22H38O3. The Morgan fingerprint density at radius 3 is 2.08 bits per heavy atom. The van der Waals surface area contributed by atoms with Gasteiger partial charge in [-0.05, 0) is 79.4 Å². The number of hydrogen-bond acceptors (Lipinski definition) is 3. The van der Waals surface area contributed by atoms with Gasteiger partial charge in [0, 0.05) is 27.1 Å². The molecule has 3 heteroatoms. The van der Waals surface area contributed by atoms with Crippen molar-refractivity contribution >= 4 is 0 Å². The molecule has 0 spiro atoms. The standard InChI is InChI=1S/C22H38O3/c1-18-9-6-10-22(18,23)17-8-12-19(2)15-21(24-4,25-5)14-13-20(19,3)16(17)7-11-18/h16-17,23H,6-15H2,1-5H3. The normalized spacial score (nSPS) is 54.5. The number of aliphatic hydroxyl groups is 1. The van der Waals surface area contributed by atoms with E-state index in [4.69, 9.17) is 9.47 Å². The average Bonchev–Trinajstić information content (AvgIpc) is 2.90. The monoisotopic (exact) mass is 350 g/mol. The van der Waals surface area contributed by atoms with E-state index in [2.05, 4.69) is 20.8 Å². The third-order valence-electron chi connectivity index (χ3n) is 10.1. The van der Waals surface area contributed by atoms with E-state index in [9.17, 15) is 5.11 Å². The Labute approximate surface area is 153 Å². The molecule has 0 aromatic rings. The van der Waals surface area contributed by atoms with Crippen LogP contribution in [0, 0.1) is 28.1 Å². The first-order chi connectivity index (χ1) is 11.7. The molecule has 1 N–H and O–H groups in total. The SMILES string of the molecule is COC1(OC)CCC2(C)C3CCC4(C)CCCC4(O)C3CCC2(C)C1. The summed E-state index contributed by atoms with van der Waals surface area (Å²) in [7, 11) is 3.60. The number of methoxy groups -OCH3 is 2. The van der Waals surface area contributed by atoms with Crippen molar-refractivity contribution in [3.05, 3.63) is 0 Å². The summed E-state index contributed by atoms with van der Waals surface area (Å²) in [5, 5.41) is 11.8. The van der Waals surface area contributed by atoms with Gasteiger partial charge in [-0.3, -0.25) is 0 Å². The Morgan fingerprint density at radius 1 is 0.760 bits per heavy atom. The van der Waals surface area contributed by atoms with Gasteiger partial charge in [0.25, 0.3) is 0 Å². The minimum absolute atomic E-state index is 0.162. The molecule has 6 atom stereocenters. The molecule has 6 unspecified atom stereocenters. The zero-order chi connectivity index (χ0) is 18.1. The van der Waals surface area contributed by atoms with Gasteiger partial charge in [0.05, 0.1) is 5.60 Å². The maximum atomic E-state index is 11.8. The molecule has 4 aliphatic rings. The van der Waals surface area contributed by atoms with Crippen molar-refractivity contribution < 1.29 is 14.6 Å². The summed E-state index contributed by atoms with van der Waals surface area (Å²) in [4.78, 5) is 0. The molecule has 4 saturated carbocycles. The molecular weight excluding hydrogens is 312 g/mol. The quantitative estimate of drug-likeness (QED) is 0.719. The fraction of sp³-hybridized carbons (Fsp3) is 1.00. The molecule has 0 amide bonds. The average molecular weight is 351 g/mol. The predicted molar refractivity (Wildman–Crippen MR) is 99.2 cm³/mol. The molecule has 0 aromatic heterocycles. The molecule has 144 valence electrons. The number of ether oxygens (including phenoxy) is 2. The summed E-state index contributed by atoms with van der Waals surface area (Å²) in [6.45, 7) is 7.37. The highest BCUT2D eigenvalue weighted by atomic mass is 16.7. The van der Waals surface area contributed by atoms with E-state index in [0.717, 1.165) is 25.7 Å². The first-order valence-electron chi connectivity index (χ1n) is 10.5. The lowest BCUT2D eigenvalue weighted by atomic mass is 9.39. The molecule has 4 rings (SSSR count). The summed E-state index contributed by atoms with van der Waals surface area (Å²) in [6.07, 6.45) is 11.4. The second-order valence-electron chi connectivity index (χ2n) is 10.6. The Morgan fingerprint density at radius 2 is 1.40 bits per heavy atom. The van der Waals surface area contributed by atoms with E-state index >= 15 is 0 Å². The largest absolute Gasteiger partial charge is 0.389 e. The Balaban J connectivity index is 1.68. The van der Waals surface area contributed by atoms with Crippen LogP contribution < -0.4 is 0 Å². The van der Waals surface area contributed by atoms with E-state index < -0.39 is 11.4 Å². The zero-order valence-electron chi connectivity index (χ0n) is 17.0. The summed E-state index contributed by atoms with van der Waals surface area (Å²) in [5.74, 6) is 0.729. The fourth-order valence-electron chi connectivity index (χ4n) is 8.00. The smallest absolute Gasteiger partial charge is 0.168 e. The summed E-state index contributed by atoms with van der Waals surface area (Å²) < 4.78 is 11.7. The third-order valence-corrected chi connectivity index (χ3v) is 10.1. The second-order valence-corrected chi connectivity index (χ2v) is 10.6. The molecule has 0 bridgehead atoms. The second kappa shape index (κ2) is 5.45. The first kappa shape index (κ1) is 18.3.